The van der Waals surface area contributed by atoms with Gasteiger partial charge in [-0.25, -0.2) is 9.37 Å². The third-order valence-corrected chi connectivity index (χ3v) is 9.78. The van der Waals surface area contributed by atoms with E-state index in [1.54, 1.807) is 17.3 Å². The van der Waals surface area contributed by atoms with Gasteiger partial charge in [-0.3, -0.25) is 19.3 Å². The minimum atomic E-state index is -4.96. The van der Waals surface area contributed by atoms with E-state index in [1.165, 1.54) is 12.1 Å². The largest absolute Gasteiger partial charge is 0.417 e. The lowest BCUT2D eigenvalue weighted by Gasteiger charge is -2.44. The molecule has 3 aromatic rings. The van der Waals surface area contributed by atoms with Gasteiger partial charge in [0.25, 0.3) is 11.8 Å². The lowest BCUT2D eigenvalue weighted by atomic mass is 9.94. The molecule has 14 heteroatoms. The second-order valence-electron chi connectivity index (χ2n) is 11.9. The highest BCUT2D eigenvalue weighted by Crippen LogP contribution is 2.38. The third kappa shape index (κ3) is 6.91. The molecule has 1 aliphatic carbocycles. The van der Waals surface area contributed by atoms with E-state index in [4.69, 9.17) is 0 Å². The summed E-state index contributed by atoms with van der Waals surface area (Å²) in [6.45, 7) is 4.94. The molecule has 5 rings (SSSR count). The Bertz CT molecular complexity index is 1620. The van der Waals surface area contributed by atoms with Crippen molar-refractivity contribution in [3.63, 3.8) is 0 Å². The van der Waals surface area contributed by atoms with Gasteiger partial charge >= 0.3 is 6.18 Å². The molecule has 0 bridgehead atoms. The zero-order valence-electron chi connectivity index (χ0n) is 25.5. The Morgan fingerprint density at radius 3 is 2.40 bits per heavy atom. The Balaban J connectivity index is 1.53. The number of nitrogens with zero attached hydrogens (tertiary/aromatic N) is 4. The molecule has 2 N–H and O–H groups in total. The van der Waals surface area contributed by atoms with E-state index in [2.05, 4.69) is 20.2 Å². The van der Waals surface area contributed by atoms with Crippen LogP contribution in [0.1, 0.15) is 72.4 Å². The number of anilines is 2. The van der Waals surface area contributed by atoms with Crippen LogP contribution < -0.4 is 15.8 Å². The van der Waals surface area contributed by atoms with Gasteiger partial charge in [0.05, 0.1) is 22.5 Å². The SMILES string of the molecule is C[C@@H]1CN(c2cc(F)c(-c3nc(C(=O)N(C)C4CCCCC4)cs3)cc2NC(=O)c2c[nH]c(=O)cc2C(F)(F)F)C[C@H](C)N1C. The maximum absolute atomic E-state index is 15.9. The van der Waals surface area contributed by atoms with Gasteiger partial charge in [0.2, 0.25) is 5.56 Å². The van der Waals surface area contributed by atoms with Crippen molar-refractivity contribution in [3.8, 4) is 10.6 Å². The quantitative estimate of drug-likeness (QED) is 0.326. The summed E-state index contributed by atoms with van der Waals surface area (Å²) in [4.78, 5) is 50.5. The number of carbonyl (C=O) groups excluding carboxylic acids is 2. The third-order valence-electron chi connectivity index (χ3n) is 8.90. The summed E-state index contributed by atoms with van der Waals surface area (Å²) in [7, 11) is 3.71. The molecule has 242 valence electrons. The van der Waals surface area contributed by atoms with Crippen LogP contribution in [0, 0.1) is 5.82 Å². The molecule has 1 aromatic carbocycles. The van der Waals surface area contributed by atoms with E-state index >= 15 is 4.39 Å². The Morgan fingerprint density at radius 2 is 1.76 bits per heavy atom. The normalized spacial score (nSPS) is 19.9. The molecule has 2 amide bonds. The lowest BCUT2D eigenvalue weighted by molar-refractivity contribution is -0.138. The average molecular weight is 649 g/mol. The number of halogens is 4. The fraction of sp³-hybridized carbons (Fsp3) is 0.484. The highest BCUT2D eigenvalue weighted by atomic mass is 32.1. The first-order valence-electron chi connectivity index (χ1n) is 14.9. The van der Waals surface area contributed by atoms with Gasteiger partial charge < -0.3 is 20.1 Å². The summed E-state index contributed by atoms with van der Waals surface area (Å²) in [5, 5.41) is 4.29. The molecule has 2 atom stereocenters. The van der Waals surface area contributed by atoms with Gasteiger partial charge in [-0.15, -0.1) is 11.3 Å². The number of amides is 2. The van der Waals surface area contributed by atoms with Crippen LogP contribution in [0.3, 0.4) is 0 Å². The number of carbonyl (C=O) groups is 2. The van der Waals surface area contributed by atoms with Crippen LogP contribution in [0.15, 0.2) is 34.6 Å². The van der Waals surface area contributed by atoms with Gasteiger partial charge in [0.1, 0.15) is 16.5 Å². The van der Waals surface area contributed by atoms with E-state index in [1.807, 2.05) is 25.8 Å². The molecule has 2 aliphatic rings. The summed E-state index contributed by atoms with van der Waals surface area (Å²) in [6.07, 6.45) is 0.802. The predicted molar refractivity (Wildman–Crippen MR) is 165 cm³/mol. The van der Waals surface area contributed by atoms with Crippen LogP contribution in [0.25, 0.3) is 10.6 Å². The average Bonchev–Trinajstić information content (AvgIpc) is 3.49. The van der Waals surface area contributed by atoms with Gasteiger partial charge in [-0.05, 0) is 39.8 Å². The number of hydrogen-bond donors (Lipinski definition) is 2. The van der Waals surface area contributed by atoms with Crippen molar-refractivity contribution >= 4 is 34.5 Å². The topological polar surface area (TPSA) is 102 Å². The number of nitrogens with one attached hydrogen (secondary N) is 2. The maximum Gasteiger partial charge on any atom is 0.417 e. The highest BCUT2D eigenvalue weighted by molar-refractivity contribution is 7.13. The van der Waals surface area contributed by atoms with Crippen LogP contribution in [-0.4, -0.2) is 76.9 Å². The van der Waals surface area contributed by atoms with Crippen LogP contribution >= 0.6 is 11.3 Å². The van der Waals surface area contributed by atoms with Gasteiger partial charge in [-0.2, -0.15) is 13.2 Å². The van der Waals surface area contributed by atoms with E-state index < -0.39 is 34.6 Å². The van der Waals surface area contributed by atoms with Crippen molar-refractivity contribution in [1.29, 1.82) is 0 Å². The Labute approximate surface area is 262 Å². The van der Waals surface area contributed by atoms with Crippen molar-refractivity contribution in [2.45, 2.75) is 70.3 Å². The Morgan fingerprint density at radius 1 is 1.09 bits per heavy atom. The number of rotatable bonds is 6. The summed E-state index contributed by atoms with van der Waals surface area (Å²) in [6, 6.07) is 3.14. The van der Waals surface area contributed by atoms with Crippen molar-refractivity contribution in [2.75, 3.05) is 37.4 Å². The molecule has 0 unspecified atom stereocenters. The van der Waals surface area contributed by atoms with Crippen molar-refractivity contribution < 1.29 is 27.2 Å². The smallest absolute Gasteiger partial charge is 0.367 e. The van der Waals surface area contributed by atoms with Crippen LogP contribution in [0.5, 0.6) is 0 Å². The molecule has 3 heterocycles. The Kier molecular flexibility index (Phi) is 9.36. The fourth-order valence-corrected chi connectivity index (χ4v) is 6.89. The molecule has 9 nitrogen and oxygen atoms in total. The lowest BCUT2D eigenvalue weighted by Crippen LogP contribution is -2.55. The van der Waals surface area contributed by atoms with Crippen molar-refractivity contribution in [3.05, 3.63) is 62.8 Å². The summed E-state index contributed by atoms with van der Waals surface area (Å²) in [5.74, 6) is -2.05. The Hall–Kier alpha value is -3.78. The molecule has 1 saturated heterocycles. The zero-order chi connectivity index (χ0) is 32.6. The first-order chi connectivity index (χ1) is 21.2. The van der Waals surface area contributed by atoms with E-state index in [0.717, 1.165) is 43.4 Å². The van der Waals surface area contributed by atoms with Gasteiger partial charge in [0.15, 0.2) is 0 Å². The number of benzene rings is 1. The molecule has 45 heavy (non-hydrogen) atoms. The molecule has 0 radical (unpaired) electrons. The van der Waals surface area contributed by atoms with Gasteiger partial charge in [0, 0.05) is 67.5 Å². The number of piperazine rings is 1. The number of hydrogen-bond acceptors (Lipinski definition) is 7. The number of aromatic nitrogens is 2. The minimum Gasteiger partial charge on any atom is -0.367 e. The van der Waals surface area contributed by atoms with Crippen molar-refractivity contribution in [2.24, 2.45) is 0 Å². The second kappa shape index (κ2) is 12.9. The molecule has 2 aromatic heterocycles. The number of likely N-dealkylation sites (N-methyl/N-ethyl adjacent to an activating group) is 1. The first kappa shape index (κ1) is 32.6. The minimum absolute atomic E-state index is 0.00819. The van der Waals surface area contributed by atoms with E-state index in [-0.39, 0.29) is 46.0 Å². The molecule has 2 fully saturated rings. The monoisotopic (exact) mass is 648 g/mol. The standard InChI is InChI=1S/C31H36F4N6O3S/c1-17-14-41(15-18(2)39(17)3)26-12-23(32)20(29-38-25(16-45-29)30(44)40(4)19-8-6-5-7-9-19)10-24(26)37-28(43)21-13-36-27(42)11-22(21)31(33,34)35/h10-13,16-19H,5-9,14-15H2,1-4H3,(H,36,42)(H,37,43)/t17-,18+. The van der Waals surface area contributed by atoms with Crippen molar-refractivity contribution in [1.82, 2.24) is 19.8 Å². The summed E-state index contributed by atoms with van der Waals surface area (Å²) < 4.78 is 57.2. The molecular formula is C31H36F4N6O3S. The summed E-state index contributed by atoms with van der Waals surface area (Å²) in [5.41, 5.74) is -2.66. The molecular weight excluding hydrogens is 612 g/mol. The fourth-order valence-electron chi connectivity index (χ4n) is 6.08. The van der Waals surface area contributed by atoms with Crippen LogP contribution in [0.4, 0.5) is 28.9 Å². The highest BCUT2D eigenvalue weighted by Gasteiger charge is 2.36. The summed E-state index contributed by atoms with van der Waals surface area (Å²) >= 11 is 1.06. The van der Waals surface area contributed by atoms with E-state index in [0.29, 0.717) is 31.0 Å². The van der Waals surface area contributed by atoms with Crippen LogP contribution in [0.2, 0.25) is 0 Å². The number of pyridine rings is 1. The number of H-pyrrole nitrogens is 1. The molecule has 0 spiro atoms. The zero-order valence-corrected chi connectivity index (χ0v) is 26.3. The number of thiazole rings is 1. The van der Waals surface area contributed by atoms with E-state index in [9.17, 15) is 27.6 Å². The van der Waals surface area contributed by atoms with Gasteiger partial charge in [-0.1, -0.05) is 19.3 Å². The molecule has 1 saturated carbocycles. The number of alkyl halides is 3. The first-order valence-corrected chi connectivity index (χ1v) is 15.8. The molecule has 1 aliphatic heterocycles. The second-order valence-corrected chi connectivity index (χ2v) is 12.8. The van der Waals surface area contributed by atoms with Crippen LogP contribution in [-0.2, 0) is 6.18 Å². The number of aromatic amines is 1. The maximum atomic E-state index is 15.9. The predicted octanol–water partition coefficient (Wildman–Crippen LogP) is 5.84.